The van der Waals surface area contributed by atoms with Crippen LogP contribution in [0, 0.1) is 5.82 Å². The highest BCUT2D eigenvalue weighted by atomic mass is 35.5. The van der Waals surface area contributed by atoms with E-state index < -0.39 is 17.4 Å². The summed E-state index contributed by atoms with van der Waals surface area (Å²) in [4.78, 5) is 36.4. The number of halogens is 2. The predicted octanol–water partition coefficient (Wildman–Crippen LogP) is 4.16. The summed E-state index contributed by atoms with van der Waals surface area (Å²) in [6, 6.07) is 3.02. The van der Waals surface area contributed by atoms with Gasteiger partial charge >= 0.3 is 6.09 Å². The Bertz CT molecular complexity index is 1280. The maximum Gasteiger partial charge on any atom is 0.407 e. The molecule has 0 spiro atoms. The van der Waals surface area contributed by atoms with Crippen molar-refractivity contribution in [1.82, 2.24) is 29.8 Å². The highest BCUT2D eigenvalue weighted by molar-refractivity contribution is 6.30. The molecule has 2 N–H and O–H groups in total. The van der Waals surface area contributed by atoms with Crippen LogP contribution in [0.3, 0.4) is 0 Å². The van der Waals surface area contributed by atoms with Crippen molar-refractivity contribution in [2.24, 2.45) is 0 Å². The van der Waals surface area contributed by atoms with Gasteiger partial charge in [0.15, 0.2) is 5.65 Å². The first-order valence-electron chi connectivity index (χ1n) is 11.8. The molecule has 10 nitrogen and oxygen atoms in total. The Hall–Kier alpha value is -3.47. The summed E-state index contributed by atoms with van der Waals surface area (Å²) in [6.07, 6.45) is 5.38. The van der Waals surface area contributed by atoms with Crippen molar-refractivity contribution < 1.29 is 19.1 Å². The number of aromatic nitrogens is 4. The van der Waals surface area contributed by atoms with E-state index in [1.54, 1.807) is 12.3 Å². The minimum Gasteiger partial charge on any atom is -0.465 e. The molecule has 0 aliphatic carbocycles. The molecule has 1 atom stereocenters. The topological polar surface area (TPSA) is 116 Å². The molecule has 4 heterocycles. The average molecular weight is 518 g/mol. The second-order valence-electron chi connectivity index (χ2n) is 9.71. The molecule has 0 saturated carbocycles. The van der Waals surface area contributed by atoms with E-state index in [1.807, 2.05) is 25.7 Å². The molecule has 36 heavy (non-hydrogen) atoms. The van der Waals surface area contributed by atoms with Crippen molar-refractivity contribution in [3.8, 4) is 0 Å². The molecule has 1 fully saturated rings. The Morgan fingerprint density at radius 2 is 2.11 bits per heavy atom. The van der Waals surface area contributed by atoms with Crippen LogP contribution in [0.1, 0.15) is 62.0 Å². The second kappa shape index (κ2) is 10.3. The number of nitrogens with one attached hydrogen (secondary N) is 1. The second-order valence-corrected chi connectivity index (χ2v) is 10.1. The predicted molar refractivity (Wildman–Crippen MR) is 133 cm³/mol. The van der Waals surface area contributed by atoms with Crippen LogP contribution in [0.5, 0.6) is 0 Å². The third-order valence-electron chi connectivity index (χ3n) is 6.22. The largest absolute Gasteiger partial charge is 0.465 e. The Balaban J connectivity index is 1.48. The van der Waals surface area contributed by atoms with E-state index in [2.05, 4.69) is 15.4 Å². The smallest absolute Gasteiger partial charge is 0.407 e. The van der Waals surface area contributed by atoms with E-state index in [9.17, 15) is 19.1 Å². The fourth-order valence-electron chi connectivity index (χ4n) is 4.47. The summed E-state index contributed by atoms with van der Waals surface area (Å²) in [6.45, 7) is 6.77. The number of carbonyl (C=O) groups excluding carboxylic acids is 1. The maximum atomic E-state index is 13.9. The van der Waals surface area contributed by atoms with Crippen molar-refractivity contribution in [2.75, 3.05) is 24.5 Å². The molecule has 4 rings (SSSR count). The quantitative estimate of drug-likeness (QED) is 0.357. The first-order valence-corrected chi connectivity index (χ1v) is 12.1. The molecule has 1 aliphatic rings. The van der Waals surface area contributed by atoms with E-state index in [0.29, 0.717) is 48.6 Å². The minimum atomic E-state index is -0.997. The van der Waals surface area contributed by atoms with Crippen LogP contribution in [0.15, 0.2) is 30.7 Å². The van der Waals surface area contributed by atoms with Crippen LogP contribution < -0.4 is 10.2 Å². The summed E-state index contributed by atoms with van der Waals surface area (Å²) in [5.41, 5.74) is 0.774. The number of pyridine rings is 1. The van der Waals surface area contributed by atoms with Gasteiger partial charge in [-0.2, -0.15) is 5.10 Å². The maximum absolute atomic E-state index is 13.9. The number of nitrogens with zero attached hydrogens (tertiary/aromatic N) is 6. The van der Waals surface area contributed by atoms with Gasteiger partial charge in [-0.15, -0.1) is 0 Å². The minimum absolute atomic E-state index is 0.184. The summed E-state index contributed by atoms with van der Waals surface area (Å²) >= 11 is 6.27. The van der Waals surface area contributed by atoms with E-state index in [0.717, 1.165) is 19.0 Å². The lowest BCUT2D eigenvalue weighted by molar-refractivity contribution is 0.0938. The van der Waals surface area contributed by atoms with Gasteiger partial charge in [0.25, 0.3) is 5.91 Å². The van der Waals surface area contributed by atoms with Gasteiger partial charge in [-0.3, -0.25) is 4.79 Å². The number of carboxylic acid groups (broad SMARTS) is 1. The van der Waals surface area contributed by atoms with Crippen molar-refractivity contribution in [3.63, 3.8) is 0 Å². The SMILES string of the molecule is CC(C)(C)N(CCCNC(=O)c1cnn2ccc(N3CCC[C@@H]3c3cc(F)cnc3Cl)nc12)C(=O)O. The van der Waals surface area contributed by atoms with E-state index in [1.165, 1.54) is 21.7 Å². The van der Waals surface area contributed by atoms with Gasteiger partial charge in [-0.1, -0.05) is 11.6 Å². The Labute approximate surface area is 213 Å². The molecule has 0 radical (unpaired) electrons. The fourth-order valence-corrected chi connectivity index (χ4v) is 4.70. The Morgan fingerprint density at radius 1 is 1.33 bits per heavy atom. The zero-order valence-corrected chi connectivity index (χ0v) is 21.2. The molecule has 192 valence electrons. The zero-order valence-electron chi connectivity index (χ0n) is 20.4. The fraction of sp³-hybridized carbons (Fsp3) is 0.458. The number of rotatable bonds is 7. The van der Waals surface area contributed by atoms with Crippen molar-refractivity contribution in [1.29, 1.82) is 0 Å². The number of hydrogen-bond acceptors (Lipinski definition) is 6. The van der Waals surface area contributed by atoms with Crippen LogP contribution in [0.4, 0.5) is 15.0 Å². The molecule has 0 unspecified atom stereocenters. The molecule has 1 aliphatic heterocycles. The average Bonchev–Trinajstić information content (AvgIpc) is 3.46. The van der Waals surface area contributed by atoms with Crippen LogP contribution >= 0.6 is 11.6 Å². The lowest BCUT2D eigenvalue weighted by Gasteiger charge is -2.33. The summed E-state index contributed by atoms with van der Waals surface area (Å²) in [7, 11) is 0. The van der Waals surface area contributed by atoms with Crippen LogP contribution in [0.25, 0.3) is 5.65 Å². The monoisotopic (exact) mass is 517 g/mol. The molecule has 3 aromatic rings. The summed E-state index contributed by atoms with van der Waals surface area (Å²) in [5, 5.41) is 16.7. The Morgan fingerprint density at radius 3 is 2.83 bits per heavy atom. The standard InChI is InChI=1S/C24H29ClFN7O3/c1-24(2,3)32(23(35)36)10-5-8-27-22(34)17-14-29-33-11-7-19(30-21(17)33)31-9-4-6-18(31)16-12-15(26)13-28-20(16)25/h7,11-14,18H,4-6,8-10H2,1-3H3,(H,27,34)(H,35,36)/t18-/m1/s1. The summed E-state index contributed by atoms with van der Waals surface area (Å²) in [5.74, 6) is -0.168. The lowest BCUT2D eigenvalue weighted by atomic mass is 10.1. The van der Waals surface area contributed by atoms with Gasteiger partial charge in [0.1, 0.15) is 22.4 Å². The third-order valence-corrected chi connectivity index (χ3v) is 6.54. The van der Waals surface area contributed by atoms with E-state index >= 15 is 0 Å². The molecule has 12 heteroatoms. The summed E-state index contributed by atoms with van der Waals surface area (Å²) < 4.78 is 15.4. The van der Waals surface area contributed by atoms with E-state index in [4.69, 9.17) is 16.6 Å². The van der Waals surface area contributed by atoms with Crippen LogP contribution in [0.2, 0.25) is 5.15 Å². The number of carbonyl (C=O) groups is 2. The van der Waals surface area contributed by atoms with Crippen molar-refractivity contribution >= 4 is 35.1 Å². The highest BCUT2D eigenvalue weighted by Crippen LogP contribution is 2.38. The highest BCUT2D eigenvalue weighted by Gasteiger charge is 2.30. The van der Waals surface area contributed by atoms with Crippen molar-refractivity contribution in [3.05, 3.63) is 52.8 Å². The molecule has 0 bridgehead atoms. The third kappa shape index (κ3) is 5.35. The van der Waals surface area contributed by atoms with Gasteiger partial charge < -0.3 is 20.2 Å². The van der Waals surface area contributed by atoms with Gasteiger partial charge in [0.2, 0.25) is 0 Å². The van der Waals surface area contributed by atoms with Crippen LogP contribution in [-0.2, 0) is 0 Å². The van der Waals surface area contributed by atoms with Gasteiger partial charge in [0, 0.05) is 36.9 Å². The van der Waals surface area contributed by atoms with Crippen molar-refractivity contribution in [2.45, 2.75) is 51.6 Å². The molecule has 0 aromatic carbocycles. The number of hydrogen-bond donors (Lipinski definition) is 2. The number of anilines is 1. The molecule has 1 saturated heterocycles. The Kier molecular flexibility index (Phi) is 7.30. The van der Waals surface area contributed by atoms with Gasteiger partial charge in [-0.25, -0.2) is 23.7 Å². The first kappa shape index (κ1) is 25.6. The lowest BCUT2D eigenvalue weighted by Crippen LogP contribution is -2.46. The van der Waals surface area contributed by atoms with Gasteiger partial charge in [-0.05, 0) is 52.2 Å². The van der Waals surface area contributed by atoms with E-state index in [-0.39, 0.29) is 17.1 Å². The normalized spacial score (nSPS) is 15.9. The molecule has 3 aromatic heterocycles. The number of fused-ring (bicyclic) bond motifs is 1. The van der Waals surface area contributed by atoms with Gasteiger partial charge in [0.05, 0.1) is 18.4 Å². The first-order chi connectivity index (χ1) is 17.1. The molecule has 2 amide bonds. The molecular formula is C24H29ClFN7O3. The zero-order chi connectivity index (χ0) is 26.0. The molecular weight excluding hydrogens is 489 g/mol. The van der Waals surface area contributed by atoms with Crippen LogP contribution in [-0.4, -0.2) is 66.8 Å². The number of amides is 2.